The van der Waals surface area contributed by atoms with Crippen molar-refractivity contribution in [3.8, 4) is 6.07 Å². The van der Waals surface area contributed by atoms with Crippen LogP contribution in [0.5, 0.6) is 0 Å². The number of carbonyl (C=O) groups is 2. The zero-order chi connectivity index (χ0) is 14.3. The van der Waals surface area contributed by atoms with Gasteiger partial charge in [-0.15, -0.1) is 0 Å². The fourth-order valence-corrected chi connectivity index (χ4v) is 1.48. The Balaban J connectivity index is 2.72. The molecule has 0 bridgehead atoms. The maximum Gasteiger partial charge on any atom is 0.250 e. The van der Waals surface area contributed by atoms with Gasteiger partial charge in [0.25, 0.3) is 0 Å². The van der Waals surface area contributed by atoms with Crippen LogP contribution in [0.4, 0.5) is 11.4 Å². The summed E-state index contributed by atoms with van der Waals surface area (Å²) in [7, 11) is 1.44. The van der Waals surface area contributed by atoms with Gasteiger partial charge >= 0.3 is 0 Å². The van der Waals surface area contributed by atoms with Gasteiger partial charge in [0.05, 0.1) is 6.07 Å². The van der Waals surface area contributed by atoms with Gasteiger partial charge in [0.15, 0.2) is 0 Å². The Bertz CT molecular complexity index is 520. The molecule has 6 heteroatoms. The lowest BCUT2D eigenvalue weighted by atomic mass is 10.1. The molecular weight excluding hydrogens is 246 g/mol. The van der Waals surface area contributed by atoms with Gasteiger partial charge in [-0.2, -0.15) is 5.26 Å². The van der Waals surface area contributed by atoms with Gasteiger partial charge < -0.3 is 15.4 Å². The maximum atomic E-state index is 11.4. The average molecular weight is 261 g/mol. The van der Waals surface area contributed by atoms with E-state index in [0.717, 1.165) is 5.56 Å². The van der Waals surface area contributed by atoms with Gasteiger partial charge in [-0.3, -0.25) is 9.59 Å². The molecule has 0 heterocycles. The Kier molecular flexibility index (Phi) is 5.51. The second-order valence-corrected chi connectivity index (χ2v) is 3.89. The molecule has 0 saturated carbocycles. The molecular formula is C13H15N3O3. The summed E-state index contributed by atoms with van der Waals surface area (Å²) in [5.41, 5.74) is 2.04. The summed E-state index contributed by atoms with van der Waals surface area (Å²) >= 11 is 0. The number of hydrogen-bond acceptors (Lipinski definition) is 4. The molecule has 0 radical (unpaired) electrons. The van der Waals surface area contributed by atoms with E-state index in [9.17, 15) is 9.59 Å². The molecule has 0 aliphatic heterocycles. The first-order chi connectivity index (χ1) is 9.06. The number of benzene rings is 1. The van der Waals surface area contributed by atoms with E-state index in [2.05, 4.69) is 10.6 Å². The minimum Gasteiger partial charge on any atom is -0.375 e. The molecule has 19 heavy (non-hydrogen) atoms. The third kappa shape index (κ3) is 4.77. The molecule has 6 nitrogen and oxygen atoms in total. The molecule has 2 N–H and O–H groups in total. The van der Waals surface area contributed by atoms with Crippen molar-refractivity contribution in [3.05, 3.63) is 23.8 Å². The Morgan fingerprint density at radius 3 is 2.63 bits per heavy atom. The van der Waals surface area contributed by atoms with Gasteiger partial charge in [-0.1, -0.05) is 0 Å². The largest absolute Gasteiger partial charge is 0.375 e. The maximum absolute atomic E-state index is 11.4. The molecule has 0 aliphatic rings. The summed E-state index contributed by atoms with van der Waals surface area (Å²) in [5, 5.41) is 13.7. The van der Waals surface area contributed by atoms with Crippen LogP contribution in [0.1, 0.15) is 12.0 Å². The molecule has 1 aromatic rings. The molecule has 0 atom stereocenters. The predicted molar refractivity (Wildman–Crippen MR) is 70.5 cm³/mol. The molecule has 2 amide bonds. The van der Waals surface area contributed by atoms with Crippen LogP contribution in [0.2, 0.25) is 0 Å². The highest BCUT2D eigenvalue weighted by atomic mass is 16.5. The lowest BCUT2D eigenvalue weighted by molar-refractivity contribution is -0.119. The number of ether oxygens (including phenoxy) is 1. The number of nitrogens with zero attached hydrogens (tertiary/aromatic N) is 1. The Morgan fingerprint density at radius 1 is 1.32 bits per heavy atom. The van der Waals surface area contributed by atoms with Crippen molar-refractivity contribution in [1.82, 2.24) is 0 Å². The van der Waals surface area contributed by atoms with Crippen LogP contribution in [-0.2, 0) is 14.3 Å². The number of anilines is 2. The lowest BCUT2D eigenvalue weighted by Gasteiger charge is -2.10. The molecule has 1 rings (SSSR count). The van der Waals surface area contributed by atoms with Gasteiger partial charge in [0.2, 0.25) is 11.8 Å². The average Bonchev–Trinajstić information content (AvgIpc) is 2.33. The number of nitrogens with one attached hydrogen (secondary N) is 2. The summed E-state index contributed by atoms with van der Waals surface area (Å²) in [5.74, 6) is -0.607. The summed E-state index contributed by atoms with van der Waals surface area (Å²) in [6.45, 7) is 1.79. The first-order valence-corrected chi connectivity index (χ1v) is 5.63. The number of amides is 2. The highest BCUT2D eigenvalue weighted by molar-refractivity contribution is 5.94. The van der Waals surface area contributed by atoms with Crippen molar-refractivity contribution in [1.29, 1.82) is 5.26 Å². The number of rotatable bonds is 5. The molecule has 0 aliphatic carbocycles. The van der Waals surface area contributed by atoms with E-state index in [1.54, 1.807) is 24.3 Å². The van der Waals surface area contributed by atoms with Gasteiger partial charge in [-0.25, -0.2) is 0 Å². The number of nitriles is 1. The van der Waals surface area contributed by atoms with Crippen LogP contribution >= 0.6 is 0 Å². The third-order valence-corrected chi connectivity index (χ3v) is 2.30. The zero-order valence-corrected chi connectivity index (χ0v) is 10.8. The molecule has 0 saturated heterocycles. The zero-order valence-electron chi connectivity index (χ0n) is 10.8. The fraction of sp³-hybridized carbons (Fsp3) is 0.308. The molecule has 0 unspecified atom stereocenters. The van der Waals surface area contributed by atoms with Crippen molar-refractivity contribution < 1.29 is 14.3 Å². The van der Waals surface area contributed by atoms with E-state index in [-0.39, 0.29) is 24.8 Å². The Labute approximate surface area is 111 Å². The SMILES string of the molecule is COCC(=O)Nc1ccc(NC(=O)CC#N)cc1C. The first-order valence-electron chi connectivity index (χ1n) is 5.63. The summed E-state index contributed by atoms with van der Waals surface area (Å²) < 4.78 is 4.72. The van der Waals surface area contributed by atoms with Crippen LogP contribution in [-0.4, -0.2) is 25.5 Å². The second-order valence-electron chi connectivity index (χ2n) is 3.89. The highest BCUT2D eigenvalue weighted by Gasteiger charge is 2.06. The fourth-order valence-electron chi connectivity index (χ4n) is 1.48. The Hall–Kier alpha value is -2.39. The highest BCUT2D eigenvalue weighted by Crippen LogP contribution is 2.19. The predicted octanol–water partition coefficient (Wildman–Crippen LogP) is 1.43. The van der Waals surface area contributed by atoms with Crippen molar-refractivity contribution in [2.75, 3.05) is 24.4 Å². The third-order valence-electron chi connectivity index (χ3n) is 2.30. The minimum absolute atomic E-state index is 0.0138. The van der Waals surface area contributed by atoms with E-state index in [0.29, 0.717) is 11.4 Å². The van der Waals surface area contributed by atoms with E-state index in [4.69, 9.17) is 10.00 Å². The van der Waals surface area contributed by atoms with Crippen LogP contribution in [0.25, 0.3) is 0 Å². The van der Waals surface area contributed by atoms with Crippen molar-refractivity contribution in [3.63, 3.8) is 0 Å². The standard InChI is InChI=1S/C13H15N3O3/c1-9-7-10(15-12(17)5-6-14)3-4-11(9)16-13(18)8-19-2/h3-4,7H,5,8H2,1-2H3,(H,15,17)(H,16,18). The van der Waals surface area contributed by atoms with Crippen LogP contribution in [0.15, 0.2) is 18.2 Å². The van der Waals surface area contributed by atoms with E-state index >= 15 is 0 Å². The monoisotopic (exact) mass is 261 g/mol. The van der Waals surface area contributed by atoms with Gasteiger partial charge in [0, 0.05) is 18.5 Å². The molecule has 0 fully saturated rings. The summed E-state index contributed by atoms with van der Waals surface area (Å²) in [6.07, 6.45) is -0.189. The lowest BCUT2D eigenvalue weighted by Crippen LogP contribution is -2.18. The quantitative estimate of drug-likeness (QED) is 0.838. The summed E-state index contributed by atoms with van der Waals surface area (Å²) in [6, 6.07) is 6.83. The number of carbonyl (C=O) groups excluding carboxylic acids is 2. The van der Waals surface area contributed by atoms with Crippen LogP contribution in [0, 0.1) is 18.3 Å². The minimum atomic E-state index is -0.363. The molecule has 0 spiro atoms. The summed E-state index contributed by atoms with van der Waals surface area (Å²) in [4.78, 5) is 22.6. The van der Waals surface area contributed by atoms with Gasteiger partial charge in [0.1, 0.15) is 13.0 Å². The van der Waals surface area contributed by atoms with Crippen molar-refractivity contribution in [2.24, 2.45) is 0 Å². The molecule has 0 aromatic heterocycles. The molecule has 1 aromatic carbocycles. The normalized spacial score (nSPS) is 9.53. The molecule has 100 valence electrons. The van der Waals surface area contributed by atoms with Crippen LogP contribution in [0.3, 0.4) is 0 Å². The number of hydrogen-bond donors (Lipinski definition) is 2. The van der Waals surface area contributed by atoms with E-state index < -0.39 is 0 Å². The second kappa shape index (κ2) is 7.13. The number of methoxy groups -OCH3 is 1. The number of aryl methyl sites for hydroxylation is 1. The topological polar surface area (TPSA) is 91.2 Å². The van der Waals surface area contributed by atoms with Gasteiger partial charge in [-0.05, 0) is 30.7 Å². The van der Waals surface area contributed by atoms with E-state index in [1.807, 2.05) is 6.92 Å². The van der Waals surface area contributed by atoms with Crippen molar-refractivity contribution >= 4 is 23.2 Å². The van der Waals surface area contributed by atoms with Crippen molar-refractivity contribution in [2.45, 2.75) is 13.3 Å². The van der Waals surface area contributed by atoms with Crippen LogP contribution < -0.4 is 10.6 Å². The van der Waals surface area contributed by atoms with E-state index in [1.165, 1.54) is 7.11 Å². The first kappa shape index (κ1) is 14.7. The Morgan fingerprint density at radius 2 is 2.05 bits per heavy atom. The smallest absolute Gasteiger partial charge is 0.250 e.